The zero-order chi connectivity index (χ0) is 14.1. The molecule has 7 heteroatoms. The van der Waals surface area contributed by atoms with Crippen LogP contribution in [0.25, 0.3) is 0 Å². The number of hydrogen-bond acceptors (Lipinski definition) is 5. The van der Waals surface area contributed by atoms with E-state index in [-0.39, 0.29) is 5.84 Å². The summed E-state index contributed by atoms with van der Waals surface area (Å²) < 4.78 is 11.5. The number of pyridine rings is 1. The Kier molecular flexibility index (Phi) is 3.60. The second kappa shape index (κ2) is 5.40. The number of anilines is 1. The highest BCUT2D eigenvalue weighted by Gasteiger charge is 2.24. The number of aryl methyl sites for hydroxylation is 2. The normalized spacial score (nSPS) is 20.2. The van der Waals surface area contributed by atoms with E-state index in [0.29, 0.717) is 30.2 Å². The second-order valence-electron chi connectivity index (χ2n) is 5.14. The predicted octanol–water partition coefficient (Wildman–Crippen LogP) is 0.233. The molecule has 3 rings (SSSR count). The highest BCUT2D eigenvalue weighted by Crippen LogP contribution is 2.28. The third kappa shape index (κ3) is 2.37. The first-order valence-electron chi connectivity index (χ1n) is 6.79. The number of rotatable bonds is 2. The second-order valence-corrected chi connectivity index (χ2v) is 6.84. The van der Waals surface area contributed by atoms with Gasteiger partial charge in [-0.15, -0.1) is 0 Å². The Morgan fingerprint density at radius 2 is 2.15 bits per heavy atom. The molecule has 1 aromatic heterocycles. The lowest BCUT2D eigenvalue weighted by atomic mass is 10.1. The molecular formula is C13H18N4O2S. The Morgan fingerprint density at radius 1 is 1.40 bits per heavy atom. The SMILES string of the molecule is NC(=NO)c1cc2c(nc1N1CCS(=O)CC1)CCC2. The fraction of sp³-hybridized carbons (Fsp3) is 0.538. The van der Waals surface area contributed by atoms with Gasteiger partial charge in [0.05, 0.1) is 5.56 Å². The Bertz CT molecular complexity index is 578. The Hall–Kier alpha value is -1.63. The molecular weight excluding hydrogens is 276 g/mol. The summed E-state index contributed by atoms with van der Waals surface area (Å²) >= 11 is 0. The van der Waals surface area contributed by atoms with E-state index in [1.54, 1.807) is 0 Å². The van der Waals surface area contributed by atoms with Crippen LogP contribution in [-0.4, -0.2) is 44.8 Å². The van der Waals surface area contributed by atoms with Gasteiger partial charge >= 0.3 is 0 Å². The van der Waals surface area contributed by atoms with Crippen LogP contribution in [0.5, 0.6) is 0 Å². The van der Waals surface area contributed by atoms with Crippen LogP contribution in [0.2, 0.25) is 0 Å². The van der Waals surface area contributed by atoms with Crippen molar-refractivity contribution in [2.45, 2.75) is 19.3 Å². The third-order valence-corrected chi connectivity index (χ3v) is 5.17. The first kappa shape index (κ1) is 13.4. The standard InChI is InChI=1S/C13H18N4O2S/c14-12(16-18)10-8-9-2-1-3-11(9)15-13(10)17-4-6-20(19)7-5-17/h8,18H,1-7H2,(H2,14,16). The molecule has 1 aliphatic heterocycles. The molecule has 1 saturated heterocycles. The minimum Gasteiger partial charge on any atom is -0.409 e. The minimum absolute atomic E-state index is 0.0916. The molecule has 0 saturated carbocycles. The molecule has 0 spiro atoms. The summed E-state index contributed by atoms with van der Waals surface area (Å²) in [5, 5.41) is 12.1. The third-order valence-electron chi connectivity index (χ3n) is 3.89. The fourth-order valence-electron chi connectivity index (χ4n) is 2.79. The first-order chi connectivity index (χ1) is 9.69. The maximum atomic E-state index is 11.5. The van der Waals surface area contributed by atoms with Crippen molar-refractivity contribution in [1.82, 2.24) is 4.98 Å². The van der Waals surface area contributed by atoms with Gasteiger partial charge in [-0.3, -0.25) is 4.21 Å². The highest BCUT2D eigenvalue weighted by atomic mass is 32.2. The molecule has 0 bridgehead atoms. The predicted molar refractivity (Wildman–Crippen MR) is 78.9 cm³/mol. The number of oxime groups is 1. The van der Waals surface area contributed by atoms with Gasteiger partial charge in [0.25, 0.3) is 0 Å². The van der Waals surface area contributed by atoms with Crippen LogP contribution in [0.4, 0.5) is 5.82 Å². The van der Waals surface area contributed by atoms with Gasteiger partial charge in [0.2, 0.25) is 0 Å². The van der Waals surface area contributed by atoms with E-state index in [1.165, 1.54) is 5.56 Å². The molecule has 20 heavy (non-hydrogen) atoms. The van der Waals surface area contributed by atoms with Crippen molar-refractivity contribution < 1.29 is 9.42 Å². The molecule has 0 aromatic carbocycles. The molecule has 6 nitrogen and oxygen atoms in total. The van der Waals surface area contributed by atoms with Crippen LogP contribution in [0.15, 0.2) is 11.2 Å². The van der Waals surface area contributed by atoms with Crippen molar-refractivity contribution in [3.8, 4) is 0 Å². The summed E-state index contributed by atoms with van der Waals surface area (Å²) in [5.74, 6) is 2.15. The number of hydrogen-bond donors (Lipinski definition) is 2. The van der Waals surface area contributed by atoms with E-state index in [1.807, 2.05) is 6.07 Å². The molecule has 1 fully saturated rings. The van der Waals surface area contributed by atoms with Gasteiger partial charge in [-0.25, -0.2) is 4.98 Å². The molecule has 2 aliphatic rings. The number of nitrogens with zero attached hydrogens (tertiary/aromatic N) is 3. The number of nitrogens with two attached hydrogens (primary N) is 1. The summed E-state index contributed by atoms with van der Waals surface area (Å²) in [7, 11) is -0.733. The van der Waals surface area contributed by atoms with Crippen molar-refractivity contribution in [2.75, 3.05) is 29.5 Å². The number of aromatic nitrogens is 1. The van der Waals surface area contributed by atoms with Crippen LogP contribution in [0.3, 0.4) is 0 Å². The van der Waals surface area contributed by atoms with Crippen molar-refractivity contribution in [1.29, 1.82) is 0 Å². The average Bonchev–Trinajstić information content (AvgIpc) is 2.93. The van der Waals surface area contributed by atoms with Crippen molar-refractivity contribution >= 4 is 22.5 Å². The van der Waals surface area contributed by atoms with Crippen LogP contribution in [0, 0.1) is 0 Å². The summed E-state index contributed by atoms with van der Waals surface area (Å²) in [6.45, 7) is 1.40. The largest absolute Gasteiger partial charge is 0.409 e. The first-order valence-corrected chi connectivity index (χ1v) is 8.28. The van der Waals surface area contributed by atoms with E-state index in [4.69, 9.17) is 15.9 Å². The van der Waals surface area contributed by atoms with Gasteiger partial charge in [0.15, 0.2) is 5.84 Å². The molecule has 2 heterocycles. The lowest BCUT2D eigenvalue weighted by molar-refractivity contribution is 0.318. The smallest absolute Gasteiger partial charge is 0.173 e. The van der Waals surface area contributed by atoms with Crippen LogP contribution in [-0.2, 0) is 23.6 Å². The van der Waals surface area contributed by atoms with Gasteiger partial charge < -0.3 is 15.8 Å². The van der Waals surface area contributed by atoms with Crippen LogP contribution in [0.1, 0.15) is 23.2 Å². The van der Waals surface area contributed by atoms with Gasteiger partial charge in [0, 0.05) is 41.1 Å². The Balaban J connectivity index is 2.01. The number of fused-ring (bicyclic) bond motifs is 1. The Morgan fingerprint density at radius 3 is 2.85 bits per heavy atom. The zero-order valence-corrected chi connectivity index (χ0v) is 12.0. The van der Waals surface area contributed by atoms with E-state index in [0.717, 1.165) is 30.8 Å². The van der Waals surface area contributed by atoms with Crippen molar-refractivity contribution in [2.24, 2.45) is 10.9 Å². The molecule has 1 aliphatic carbocycles. The lowest BCUT2D eigenvalue weighted by Crippen LogP contribution is -2.39. The molecule has 0 amide bonds. The lowest BCUT2D eigenvalue weighted by Gasteiger charge is -2.29. The summed E-state index contributed by atoms with van der Waals surface area (Å²) in [6, 6.07) is 1.99. The zero-order valence-electron chi connectivity index (χ0n) is 11.2. The maximum absolute atomic E-state index is 11.5. The summed E-state index contributed by atoms with van der Waals surface area (Å²) in [4.78, 5) is 6.82. The van der Waals surface area contributed by atoms with Gasteiger partial charge in [-0.05, 0) is 30.9 Å². The average molecular weight is 294 g/mol. The van der Waals surface area contributed by atoms with Gasteiger partial charge in [0.1, 0.15) is 5.82 Å². The number of amidine groups is 1. The molecule has 3 N–H and O–H groups in total. The fourth-order valence-corrected chi connectivity index (χ4v) is 3.85. The topological polar surface area (TPSA) is 91.8 Å². The van der Waals surface area contributed by atoms with Crippen molar-refractivity contribution in [3.05, 3.63) is 22.9 Å². The van der Waals surface area contributed by atoms with Gasteiger partial charge in [-0.2, -0.15) is 0 Å². The highest BCUT2D eigenvalue weighted by molar-refractivity contribution is 7.85. The van der Waals surface area contributed by atoms with Crippen LogP contribution >= 0.6 is 0 Å². The maximum Gasteiger partial charge on any atom is 0.173 e. The molecule has 0 radical (unpaired) electrons. The summed E-state index contributed by atoms with van der Waals surface area (Å²) in [5.41, 5.74) is 8.78. The van der Waals surface area contributed by atoms with Crippen LogP contribution < -0.4 is 10.6 Å². The Labute approximate surface area is 120 Å². The van der Waals surface area contributed by atoms with Crippen molar-refractivity contribution in [3.63, 3.8) is 0 Å². The molecule has 108 valence electrons. The molecule has 0 unspecified atom stereocenters. The molecule has 0 atom stereocenters. The van der Waals surface area contributed by atoms with Gasteiger partial charge in [-0.1, -0.05) is 5.16 Å². The minimum atomic E-state index is -0.733. The van der Waals surface area contributed by atoms with E-state index >= 15 is 0 Å². The molecule has 1 aromatic rings. The van der Waals surface area contributed by atoms with E-state index < -0.39 is 10.8 Å². The van der Waals surface area contributed by atoms with E-state index in [9.17, 15) is 4.21 Å². The van der Waals surface area contributed by atoms with E-state index in [2.05, 4.69) is 10.1 Å². The quantitative estimate of drug-likeness (QED) is 0.353. The summed E-state index contributed by atoms with van der Waals surface area (Å²) in [6.07, 6.45) is 3.09. The monoisotopic (exact) mass is 294 g/mol.